The maximum absolute atomic E-state index is 13.0. The lowest BCUT2D eigenvalue weighted by Gasteiger charge is -2.30. The van der Waals surface area contributed by atoms with Crippen LogP contribution in [0.5, 0.6) is 0 Å². The molecule has 0 aromatic heterocycles. The number of anilines is 3. The van der Waals surface area contributed by atoms with Crippen LogP contribution in [0.4, 0.5) is 17.1 Å². The molecule has 1 fully saturated rings. The molecule has 0 saturated carbocycles. The third-order valence-electron chi connectivity index (χ3n) is 5.00. The molecule has 1 amide bonds. The van der Waals surface area contributed by atoms with E-state index < -0.39 is 22.0 Å². The number of nitrogens with one attached hydrogen (secondary N) is 1. The second-order valence-corrected chi connectivity index (χ2v) is 9.89. The van der Waals surface area contributed by atoms with Gasteiger partial charge in [-0.15, -0.1) is 0 Å². The maximum atomic E-state index is 13.0. The summed E-state index contributed by atoms with van der Waals surface area (Å²) in [5.74, 6) is -0.432. The zero-order valence-electron chi connectivity index (χ0n) is 17.3. The fourth-order valence-corrected chi connectivity index (χ4v) is 4.98. The van der Waals surface area contributed by atoms with Crippen LogP contribution < -0.4 is 14.5 Å². The largest absolute Gasteiger partial charge is 0.378 e. The van der Waals surface area contributed by atoms with Crippen molar-refractivity contribution < 1.29 is 17.9 Å². The number of benzene rings is 2. The predicted octanol–water partition coefficient (Wildman–Crippen LogP) is 4.01. The molecule has 1 atom stereocenters. The Morgan fingerprint density at radius 3 is 2.32 bits per heavy atom. The number of carbonyl (C=O) groups excluding carboxylic acids is 1. The van der Waals surface area contributed by atoms with E-state index in [1.54, 1.807) is 19.1 Å². The number of hydrogen-bond donors (Lipinski definition) is 1. The molecular formula is C21H25Cl2N3O4S. The molecule has 168 valence electrons. The molecule has 0 bridgehead atoms. The number of halogens is 2. The van der Waals surface area contributed by atoms with E-state index in [9.17, 15) is 13.2 Å². The highest BCUT2D eigenvalue weighted by atomic mass is 35.5. The first-order valence-corrected chi connectivity index (χ1v) is 12.5. The van der Waals surface area contributed by atoms with Crippen molar-refractivity contribution in [2.45, 2.75) is 19.4 Å². The molecule has 0 aliphatic carbocycles. The van der Waals surface area contributed by atoms with E-state index in [1.807, 2.05) is 12.1 Å². The monoisotopic (exact) mass is 485 g/mol. The summed E-state index contributed by atoms with van der Waals surface area (Å²) < 4.78 is 31.6. The van der Waals surface area contributed by atoms with Crippen LogP contribution >= 0.6 is 23.2 Å². The second-order valence-electron chi connectivity index (χ2n) is 7.22. The van der Waals surface area contributed by atoms with Crippen molar-refractivity contribution in [3.05, 3.63) is 52.5 Å². The minimum absolute atomic E-state index is 0.210. The number of morpholine rings is 1. The first-order chi connectivity index (χ1) is 14.7. The molecule has 7 nitrogen and oxygen atoms in total. The quantitative estimate of drug-likeness (QED) is 0.640. The summed E-state index contributed by atoms with van der Waals surface area (Å²) in [6, 6.07) is 11.0. The first kappa shape index (κ1) is 23.7. The number of carbonyl (C=O) groups is 1. The van der Waals surface area contributed by atoms with E-state index in [4.69, 9.17) is 27.9 Å². The van der Waals surface area contributed by atoms with Gasteiger partial charge in [-0.3, -0.25) is 9.10 Å². The standard InChI is InChI=1S/C21H25Cl2N3O4S/c1-3-20(26(31(2,28)29)17-8-9-18(22)19(23)14-17)21(27)24-15-4-6-16(7-5-15)25-10-12-30-13-11-25/h4-9,14,20H,3,10-13H2,1-2H3,(H,24,27). The van der Waals surface area contributed by atoms with Crippen molar-refractivity contribution in [2.24, 2.45) is 0 Å². The van der Waals surface area contributed by atoms with Crippen molar-refractivity contribution in [1.82, 2.24) is 0 Å². The van der Waals surface area contributed by atoms with Crippen molar-refractivity contribution in [1.29, 1.82) is 0 Å². The zero-order valence-corrected chi connectivity index (χ0v) is 19.7. The van der Waals surface area contributed by atoms with Crippen molar-refractivity contribution in [3.8, 4) is 0 Å². The summed E-state index contributed by atoms with van der Waals surface area (Å²) in [7, 11) is -3.77. The minimum Gasteiger partial charge on any atom is -0.378 e. The number of hydrogen-bond acceptors (Lipinski definition) is 5. The SMILES string of the molecule is CCC(C(=O)Nc1ccc(N2CCOCC2)cc1)N(c1ccc(Cl)c(Cl)c1)S(C)(=O)=O. The van der Waals surface area contributed by atoms with E-state index in [1.165, 1.54) is 18.2 Å². The normalized spacial score (nSPS) is 15.4. The van der Waals surface area contributed by atoms with Crippen LogP contribution in [0.1, 0.15) is 13.3 Å². The Morgan fingerprint density at radius 1 is 1.13 bits per heavy atom. The van der Waals surface area contributed by atoms with Crippen LogP contribution in [0.25, 0.3) is 0 Å². The summed E-state index contributed by atoms with van der Waals surface area (Å²) in [6.07, 6.45) is 1.33. The zero-order chi connectivity index (χ0) is 22.6. The fraction of sp³-hybridized carbons (Fsp3) is 0.381. The van der Waals surface area contributed by atoms with E-state index in [2.05, 4.69) is 10.2 Å². The number of rotatable bonds is 7. The summed E-state index contributed by atoms with van der Waals surface area (Å²) in [6.45, 7) is 4.76. The molecule has 1 aliphatic rings. The molecule has 2 aromatic carbocycles. The van der Waals surface area contributed by atoms with Gasteiger partial charge in [-0.25, -0.2) is 8.42 Å². The Hall–Kier alpha value is -2.00. The Kier molecular flexibility index (Phi) is 7.69. The van der Waals surface area contributed by atoms with Gasteiger partial charge in [0.05, 0.1) is 35.2 Å². The average molecular weight is 486 g/mol. The summed E-state index contributed by atoms with van der Waals surface area (Å²) >= 11 is 12.0. The predicted molar refractivity (Wildman–Crippen MR) is 126 cm³/mol. The Bertz CT molecular complexity index is 1030. The molecule has 1 unspecified atom stereocenters. The van der Waals surface area contributed by atoms with Gasteiger partial charge in [-0.1, -0.05) is 30.1 Å². The molecule has 1 N–H and O–H groups in total. The molecule has 1 heterocycles. The molecule has 1 saturated heterocycles. The molecule has 3 rings (SSSR count). The molecule has 0 spiro atoms. The minimum atomic E-state index is -3.77. The van der Waals surface area contributed by atoms with Crippen LogP contribution in [0.3, 0.4) is 0 Å². The van der Waals surface area contributed by atoms with Gasteiger partial charge in [0.1, 0.15) is 6.04 Å². The highest BCUT2D eigenvalue weighted by Crippen LogP contribution is 2.30. The molecule has 31 heavy (non-hydrogen) atoms. The smallest absolute Gasteiger partial charge is 0.248 e. The van der Waals surface area contributed by atoms with Crippen LogP contribution in [0.2, 0.25) is 10.0 Å². The van der Waals surface area contributed by atoms with Gasteiger partial charge in [0, 0.05) is 24.5 Å². The van der Waals surface area contributed by atoms with Crippen molar-refractivity contribution in [3.63, 3.8) is 0 Å². The van der Waals surface area contributed by atoms with E-state index >= 15 is 0 Å². The van der Waals surface area contributed by atoms with Gasteiger partial charge in [0.15, 0.2) is 0 Å². The van der Waals surface area contributed by atoms with Crippen LogP contribution in [0, 0.1) is 0 Å². The van der Waals surface area contributed by atoms with Crippen LogP contribution in [0.15, 0.2) is 42.5 Å². The molecule has 2 aromatic rings. The van der Waals surface area contributed by atoms with Gasteiger partial charge in [0.25, 0.3) is 0 Å². The lowest BCUT2D eigenvalue weighted by molar-refractivity contribution is -0.117. The summed E-state index contributed by atoms with van der Waals surface area (Å²) in [5, 5.41) is 3.34. The van der Waals surface area contributed by atoms with E-state index in [0.717, 1.165) is 29.3 Å². The topological polar surface area (TPSA) is 79.0 Å². The van der Waals surface area contributed by atoms with Gasteiger partial charge in [-0.2, -0.15) is 0 Å². The average Bonchev–Trinajstić information content (AvgIpc) is 2.74. The van der Waals surface area contributed by atoms with Crippen molar-refractivity contribution in [2.75, 3.05) is 47.1 Å². The van der Waals surface area contributed by atoms with Crippen LogP contribution in [-0.2, 0) is 19.6 Å². The molecule has 0 radical (unpaired) electrons. The highest BCUT2D eigenvalue weighted by Gasteiger charge is 2.32. The number of amides is 1. The van der Waals surface area contributed by atoms with Gasteiger partial charge >= 0.3 is 0 Å². The Labute approximate surface area is 192 Å². The summed E-state index contributed by atoms with van der Waals surface area (Å²) in [5.41, 5.74) is 1.91. The van der Waals surface area contributed by atoms with E-state index in [-0.39, 0.29) is 17.1 Å². The Morgan fingerprint density at radius 2 is 1.77 bits per heavy atom. The number of ether oxygens (including phenoxy) is 1. The fourth-order valence-electron chi connectivity index (χ4n) is 3.49. The van der Waals surface area contributed by atoms with Gasteiger partial charge in [0.2, 0.25) is 15.9 Å². The maximum Gasteiger partial charge on any atom is 0.248 e. The molecular weight excluding hydrogens is 461 g/mol. The second kappa shape index (κ2) is 10.1. The van der Waals surface area contributed by atoms with E-state index in [0.29, 0.717) is 23.9 Å². The molecule has 1 aliphatic heterocycles. The third-order valence-corrected chi connectivity index (χ3v) is 6.92. The lowest BCUT2D eigenvalue weighted by atomic mass is 10.1. The molecule has 10 heteroatoms. The van der Waals surface area contributed by atoms with Crippen LogP contribution in [-0.4, -0.2) is 52.9 Å². The highest BCUT2D eigenvalue weighted by molar-refractivity contribution is 7.92. The van der Waals surface area contributed by atoms with Crippen molar-refractivity contribution >= 4 is 56.2 Å². The van der Waals surface area contributed by atoms with Gasteiger partial charge < -0.3 is 15.0 Å². The van der Waals surface area contributed by atoms with Gasteiger partial charge in [-0.05, 0) is 48.9 Å². The number of nitrogens with zero attached hydrogens (tertiary/aromatic N) is 2. The lowest BCUT2D eigenvalue weighted by Crippen LogP contribution is -2.47. The Balaban J connectivity index is 1.80. The first-order valence-electron chi connectivity index (χ1n) is 9.88. The summed E-state index contributed by atoms with van der Waals surface area (Å²) in [4.78, 5) is 15.2. The number of sulfonamides is 1. The third kappa shape index (κ3) is 5.83.